The zero-order valence-corrected chi connectivity index (χ0v) is 26.9. The van der Waals surface area contributed by atoms with E-state index in [1.165, 1.54) is 0 Å². The number of carbonyl (C=O) groups excluding carboxylic acids is 1. The molecule has 0 aliphatic heterocycles. The fourth-order valence-corrected chi connectivity index (χ4v) is 5.03. The number of amides is 1. The van der Waals surface area contributed by atoms with Crippen molar-refractivity contribution >= 4 is 14.3 Å². The Morgan fingerprint density at radius 3 is 1.61 bits per heavy atom. The molecule has 10 nitrogen and oxygen atoms in total. The first kappa shape index (κ1) is 34.5. The molecule has 0 bridgehead atoms. The van der Waals surface area contributed by atoms with Gasteiger partial charge in [-0.15, -0.1) is 9.79 Å². The maximum absolute atomic E-state index is 12.5. The fourth-order valence-electron chi connectivity index (χ4n) is 5.03. The smallest absolute Gasteiger partial charge is 0.442 e. The minimum absolute atomic E-state index is 0.351. The molecule has 3 aromatic carbocycles. The Balaban J connectivity index is 0.00000124. The van der Waals surface area contributed by atoms with Gasteiger partial charge >= 0.3 is 14.3 Å². The number of hydrogen-bond donors (Lipinski definition) is 3. The van der Waals surface area contributed by atoms with E-state index in [4.69, 9.17) is 34.0 Å². The maximum Gasteiger partial charge on any atom is 0.692 e. The van der Waals surface area contributed by atoms with E-state index in [1.54, 1.807) is 6.33 Å². The third-order valence-electron chi connectivity index (χ3n) is 7.57. The first-order valence-corrected chi connectivity index (χ1v) is 15.6. The summed E-state index contributed by atoms with van der Waals surface area (Å²) in [5, 5.41) is 5.12. The van der Waals surface area contributed by atoms with Crippen molar-refractivity contribution in [1.29, 1.82) is 0 Å². The Labute approximate surface area is 260 Å². The first-order chi connectivity index (χ1) is 20.9. The van der Waals surface area contributed by atoms with Gasteiger partial charge in [0.2, 0.25) is 0 Å². The molecule has 0 aliphatic carbocycles. The molecule has 4 aromatic rings. The van der Waals surface area contributed by atoms with Crippen molar-refractivity contribution < 1.29 is 28.7 Å². The third kappa shape index (κ3) is 8.36. The number of nitrogens with one attached hydrogen (secondary N) is 1. The van der Waals surface area contributed by atoms with Crippen LogP contribution in [0.1, 0.15) is 83.0 Å². The van der Waals surface area contributed by atoms with Crippen LogP contribution in [0.15, 0.2) is 97.3 Å². The molecule has 1 atom stereocenters. The molecule has 4 rings (SSSR count). The zero-order chi connectivity index (χ0) is 32.4. The van der Waals surface area contributed by atoms with Crippen molar-refractivity contribution in [3.63, 3.8) is 0 Å². The lowest BCUT2D eigenvalue weighted by Gasteiger charge is -2.36. The molecule has 1 heterocycles. The highest BCUT2D eigenvalue weighted by atomic mass is 31.1. The van der Waals surface area contributed by atoms with Crippen molar-refractivity contribution in [3.8, 4) is 0 Å². The van der Waals surface area contributed by atoms with Gasteiger partial charge in [-0.3, -0.25) is 4.84 Å². The van der Waals surface area contributed by atoms with E-state index in [1.807, 2.05) is 80.1 Å². The number of rotatable bonds is 10. The predicted molar refractivity (Wildman–Crippen MR) is 169 cm³/mol. The van der Waals surface area contributed by atoms with Crippen LogP contribution in [0.2, 0.25) is 0 Å². The normalized spacial score (nSPS) is 12.5. The molecule has 3 N–H and O–H groups in total. The summed E-state index contributed by atoms with van der Waals surface area (Å²) in [6, 6.07) is 30.9. The minimum Gasteiger partial charge on any atom is -0.442 e. The number of ether oxygens (including phenoxy) is 1. The van der Waals surface area contributed by atoms with Crippen molar-refractivity contribution in [2.24, 2.45) is 5.41 Å². The summed E-state index contributed by atoms with van der Waals surface area (Å²) in [6.07, 6.45) is 2.08. The van der Waals surface area contributed by atoms with E-state index in [2.05, 4.69) is 62.6 Å². The SMILES string of the molecule is CCC(C)(CC)C(ONC(=O)OC(C)(C)C)c1ncn(C(c2ccccc2)(c2ccccc2)c2ccccc2)n1.O=[P+](O)O. The summed E-state index contributed by atoms with van der Waals surface area (Å²) < 4.78 is 16.0. The van der Waals surface area contributed by atoms with Gasteiger partial charge in [-0.2, -0.15) is 10.6 Å². The summed E-state index contributed by atoms with van der Waals surface area (Å²) in [7, 11) is -2.87. The number of hydroxylamine groups is 1. The zero-order valence-electron chi connectivity index (χ0n) is 26.0. The predicted octanol–water partition coefficient (Wildman–Crippen LogP) is 7.07. The average molecular weight is 622 g/mol. The van der Waals surface area contributed by atoms with E-state index in [0.717, 1.165) is 29.5 Å². The van der Waals surface area contributed by atoms with Gasteiger partial charge in [0.05, 0.1) is 0 Å². The Bertz CT molecular complexity index is 1370. The first-order valence-electron chi connectivity index (χ1n) is 14.5. The molecule has 234 valence electrons. The largest absolute Gasteiger partial charge is 0.692 e. The number of benzene rings is 3. The van der Waals surface area contributed by atoms with Crippen LogP contribution in [0, 0.1) is 5.41 Å². The van der Waals surface area contributed by atoms with Crippen LogP contribution in [0.3, 0.4) is 0 Å². The highest BCUT2D eigenvalue weighted by Crippen LogP contribution is 2.43. The number of nitrogens with zero attached hydrogens (tertiary/aromatic N) is 3. The van der Waals surface area contributed by atoms with Gasteiger partial charge in [-0.05, 0) is 50.3 Å². The molecule has 0 saturated heterocycles. The summed E-state index contributed by atoms with van der Waals surface area (Å²) >= 11 is 0. The molecule has 1 aromatic heterocycles. The van der Waals surface area contributed by atoms with Gasteiger partial charge in [-0.1, -0.05) is 112 Å². The van der Waals surface area contributed by atoms with E-state index in [-0.39, 0.29) is 5.41 Å². The van der Waals surface area contributed by atoms with Crippen LogP contribution in [-0.2, 0) is 19.7 Å². The lowest BCUT2D eigenvalue weighted by Crippen LogP contribution is -2.39. The summed E-state index contributed by atoms with van der Waals surface area (Å²) in [5.74, 6) is 0.481. The minimum atomic E-state index is -2.87. The quantitative estimate of drug-likeness (QED) is 0.0972. The molecule has 1 amide bonds. The molecule has 11 heteroatoms. The monoisotopic (exact) mass is 621 g/mol. The lowest BCUT2D eigenvalue weighted by atomic mass is 9.77. The number of carbonyl (C=O) groups is 1. The van der Waals surface area contributed by atoms with E-state index in [9.17, 15) is 4.79 Å². The van der Waals surface area contributed by atoms with Crippen LogP contribution >= 0.6 is 8.25 Å². The van der Waals surface area contributed by atoms with Crippen molar-refractivity contribution in [1.82, 2.24) is 20.2 Å². The Hall–Kier alpha value is -3.95. The van der Waals surface area contributed by atoms with E-state index >= 15 is 0 Å². The van der Waals surface area contributed by atoms with Gasteiger partial charge in [0.15, 0.2) is 11.9 Å². The topological polar surface area (TPSA) is 136 Å². The Morgan fingerprint density at radius 1 is 0.841 bits per heavy atom. The second-order valence-corrected chi connectivity index (χ2v) is 12.1. The molecule has 0 saturated carbocycles. The summed E-state index contributed by atoms with van der Waals surface area (Å²) in [5.41, 5.74) is 3.83. The molecular weight excluding hydrogens is 579 g/mol. The van der Waals surface area contributed by atoms with Gasteiger partial charge in [0, 0.05) is 9.98 Å². The van der Waals surface area contributed by atoms with Gasteiger partial charge in [0.25, 0.3) is 0 Å². The Kier molecular flexibility index (Phi) is 11.9. The Morgan fingerprint density at radius 2 is 1.25 bits per heavy atom. The van der Waals surface area contributed by atoms with Crippen LogP contribution < -0.4 is 5.48 Å². The fraction of sp³-hybridized carbons (Fsp3) is 0.364. The highest BCUT2D eigenvalue weighted by Gasteiger charge is 2.42. The molecule has 0 aliphatic rings. The van der Waals surface area contributed by atoms with Crippen molar-refractivity contribution in [2.45, 2.75) is 71.6 Å². The summed E-state index contributed by atoms with van der Waals surface area (Å²) in [6.45, 7) is 11.8. The molecule has 0 fully saturated rings. The van der Waals surface area contributed by atoms with E-state index < -0.39 is 31.6 Å². The van der Waals surface area contributed by atoms with Gasteiger partial charge in [-0.25, -0.2) is 14.5 Å². The lowest BCUT2D eigenvalue weighted by molar-refractivity contribution is -0.0998. The van der Waals surface area contributed by atoms with Crippen molar-refractivity contribution in [2.75, 3.05) is 0 Å². The maximum atomic E-state index is 12.5. The second-order valence-electron chi connectivity index (χ2n) is 11.6. The van der Waals surface area contributed by atoms with Gasteiger partial charge < -0.3 is 4.74 Å². The van der Waals surface area contributed by atoms with E-state index in [0.29, 0.717) is 5.82 Å². The van der Waals surface area contributed by atoms with Crippen LogP contribution in [-0.4, -0.2) is 36.2 Å². The van der Waals surface area contributed by atoms with Gasteiger partial charge in [0.1, 0.15) is 17.5 Å². The molecule has 0 spiro atoms. The highest BCUT2D eigenvalue weighted by molar-refractivity contribution is 7.30. The number of hydrogen-bond acceptors (Lipinski definition) is 6. The van der Waals surface area contributed by atoms with Crippen molar-refractivity contribution in [3.05, 3.63) is 120 Å². The van der Waals surface area contributed by atoms with Crippen LogP contribution in [0.25, 0.3) is 0 Å². The average Bonchev–Trinajstić information content (AvgIpc) is 3.48. The van der Waals surface area contributed by atoms with Crippen LogP contribution in [0.4, 0.5) is 4.79 Å². The molecule has 1 unspecified atom stereocenters. The summed E-state index contributed by atoms with van der Waals surface area (Å²) in [4.78, 5) is 37.6. The number of aromatic nitrogens is 3. The molecule has 44 heavy (non-hydrogen) atoms. The molecule has 0 radical (unpaired) electrons. The molecular formula is C33H42N4O6P+. The third-order valence-corrected chi connectivity index (χ3v) is 7.57. The second kappa shape index (κ2) is 15.2. The standard InChI is InChI=1S/C33H40N4O3.HO3P/c1-7-32(6,8-2)28(40-36-30(38)39-31(3,4)5)29-34-24-37(35-29)33(25-18-12-9-13-19-25,26-20-14-10-15-21-26)27-22-16-11-17-23-27;1-4(2)3/h9-24,28H,7-8H2,1-6H3,(H,36,38);(H-,1,2,3)/p+1. The van der Waals surface area contributed by atoms with Crippen LogP contribution in [0.5, 0.6) is 0 Å².